The highest BCUT2D eigenvalue weighted by molar-refractivity contribution is 5.94. The van der Waals surface area contributed by atoms with E-state index < -0.39 is 5.91 Å². The molecule has 0 aliphatic rings. The zero-order chi connectivity index (χ0) is 18.2. The zero-order valence-electron chi connectivity index (χ0n) is 13.8. The van der Waals surface area contributed by atoms with Crippen LogP contribution in [0.25, 0.3) is 0 Å². The van der Waals surface area contributed by atoms with E-state index in [1.165, 1.54) is 29.2 Å². The summed E-state index contributed by atoms with van der Waals surface area (Å²) in [5.41, 5.74) is 5.45. The predicted molar refractivity (Wildman–Crippen MR) is 90.0 cm³/mol. The van der Waals surface area contributed by atoms with E-state index in [0.717, 1.165) is 0 Å². The van der Waals surface area contributed by atoms with Crippen molar-refractivity contribution in [3.8, 4) is 11.5 Å². The molecular formula is C18H19FN2O4. The van der Waals surface area contributed by atoms with Gasteiger partial charge in [0, 0.05) is 12.6 Å². The van der Waals surface area contributed by atoms with Crippen LogP contribution in [-0.2, 0) is 4.79 Å². The number of carbonyl (C=O) groups excluding carboxylic acids is 2. The van der Waals surface area contributed by atoms with Crippen molar-refractivity contribution >= 4 is 11.8 Å². The van der Waals surface area contributed by atoms with E-state index in [2.05, 4.69) is 0 Å². The Morgan fingerprint density at radius 2 is 1.80 bits per heavy atom. The minimum Gasteiger partial charge on any atom is -0.492 e. The van der Waals surface area contributed by atoms with Crippen LogP contribution in [0.3, 0.4) is 0 Å². The standard InChI is InChI=1S/C18H19FN2O4/c1-21(9-10-24-15-7-5-14(19)6-8-15)18(23)13-3-2-4-16(11-13)25-12-17(20)22/h2-8,11H,9-10,12H2,1H3,(H2,20,22). The van der Waals surface area contributed by atoms with Gasteiger partial charge in [0.25, 0.3) is 11.8 Å². The first-order valence-electron chi connectivity index (χ1n) is 7.60. The summed E-state index contributed by atoms with van der Waals surface area (Å²) in [7, 11) is 1.65. The molecular weight excluding hydrogens is 327 g/mol. The van der Waals surface area contributed by atoms with Crippen LogP contribution in [0.2, 0.25) is 0 Å². The van der Waals surface area contributed by atoms with Gasteiger partial charge in [0.05, 0.1) is 6.54 Å². The lowest BCUT2D eigenvalue weighted by Crippen LogP contribution is -2.30. The van der Waals surface area contributed by atoms with E-state index in [-0.39, 0.29) is 24.9 Å². The monoisotopic (exact) mass is 346 g/mol. The molecule has 2 aromatic carbocycles. The number of likely N-dealkylation sites (N-methyl/N-ethyl adjacent to an activating group) is 1. The van der Waals surface area contributed by atoms with Crippen molar-refractivity contribution in [3.63, 3.8) is 0 Å². The van der Waals surface area contributed by atoms with Gasteiger partial charge in [0.1, 0.15) is 23.9 Å². The highest BCUT2D eigenvalue weighted by atomic mass is 19.1. The quantitative estimate of drug-likeness (QED) is 0.791. The summed E-state index contributed by atoms with van der Waals surface area (Å²) in [5.74, 6) is -0.221. The first kappa shape index (κ1) is 18.3. The normalized spacial score (nSPS) is 10.2. The van der Waals surface area contributed by atoms with E-state index in [9.17, 15) is 14.0 Å². The lowest BCUT2D eigenvalue weighted by Gasteiger charge is -2.18. The third-order valence-corrected chi connectivity index (χ3v) is 3.32. The molecule has 0 heterocycles. The van der Waals surface area contributed by atoms with Gasteiger partial charge in [0.2, 0.25) is 0 Å². The molecule has 2 rings (SSSR count). The van der Waals surface area contributed by atoms with E-state index >= 15 is 0 Å². The van der Waals surface area contributed by atoms with Crippen molar-refractivity contribution in [1.29, 1.82) is 0 Å². The summed E-state index contributed by atoms with van der Waals surface area (Å²) in [6, 6.07) is 12.2. The largest absolute Gasteiger partial charge is 0.492 e. The Morgan fingerprint density at radius 1 is 1.08 bits per heavy atom. The topological polar surface area (TPSA) is 81.9 Å². The summed E-state index contributed by atoms with van der Waals surface area (Å²) >= 11 is 0. The third-order valence-electron chi connectivity index (χ3n) is 3.32. The number of hydrogen-bond acceptors (Lipinski definition) is 4. The molecule has 2 amide bonds. The van der Waals surface area contributed by atoms with Crippen LogP contribution in [0.5, 0.6) is 11.5 Å². The van der Waals surface area contributed by atoms with Gasteiger partial charge in [-0.15, -0.1) is 0 Å². The number of carbonyl (C=O) groups is 2. The number of nitrogens with zero attached hydrogens (tertiary/aromatic N) is 1. The van der Waals surface area contributed by atoms with Crippen molar-refractivity contribution in [2.75, 3.05) is 26.8 Å². The summed E-state index contributed by atoms with van der Waals surface area (Å²) in [4.78, 5) is 24.6. The van der Waals surface area contributed by atoms with Crippen LogP contribution in [0.4, 0.5) is 4.39 Å². The van der Waals surface area contributed by atoms with Gasteiger partial charge in [-0.3, -0.25) is 9.59 Å². The van der Waals surface area contributed by atoms with Gasteiger partial charge in [0.15, 0.2) is 6.61 Å². The van der Waals surface area contributed by atoms with Crippen LogP contribution < -0.4 is 15.2 Å². The van der Waals surface area contributed by atoms with Crippen LogP contribution >= 0.6 is 0 Å². The molecule has 0 unspecified atom stereocenters. The fourth-order valence-corrected chi connectivity index (χ4v) is 2.03. The minimum atomic E-state index is -0.591. The first-order chi connectivity index (χ1) is 12.0. The van der Waals surface area contributed by atoms with E-state index in [1.807, 2.05) is 0 Å². The molecule has 6 nitrogen and oxygen atoms in total. The summed E-state index contributed by atoms with van der Waals surface area (Å²) in [6.07, 6.45) is 0. The smallest absolute Gasteiger partial charge is 0.255 e. The summed E-state index contributed by atoms with van der Waals surface area (Å²) in [5, 5.41) is 0. The van der Waals surface area contributed by atoms with Crippen molar-refractivity contribution in [2.45, 2.75) is 0 Å². The van der Waals surface area contributed by atoms with Gasteiger partial charge in [-0.1, -0.05) is 6.07 Å². The molecule has 0 aliphatic heterocycles. The number of primary amides is 1. The maximum absolute atomic E-state index is 12.8. The van der Waals surface area contributed by atoms with Gasteiger partial charge >= 0.3 is 0 Å². The maximum Gasteiger partial charge on any atom is 0.255 e. The Balaban J connectivity index is 1.87. The second-order valence-corrected chi connectivity index (χ2v) is 5.31. The highest BCUT2D eigenvalue weighted by Gasteiger charge is 2.12. The number of nitrogens with two attached hydrogens (primary N) is 1. The van der Waals surface area contributed by atoms with Crippen molar-refractivity contribution in [1.82, 2.24) is 4.90 Å². The molecule has 0 saturated carbocycles. The fourth-order valence-electron chi connectivity index (χ4n) is 2.03. The Hall–Kier alpha value is -3.09. The van der Waals surface area contributed by atoms with E-state index in [4.69, 9.17) is 15.2 Å². The molecule has 0 fully saturated rings. The average molecular weight is 346 g/mol. The SMILES string of the molecule is CN(CCOc1ccc(F)cc1)C(=O)c1cccc(OCC(N)=O)c1. The second kappa shape index (κ2) is 8.68. The highest BCUT2D eigenvalue weighted by Crippen LogP contribution is 2.15. The lowest BCUT2D eigenvalue weighted by atomic mass is 10.2. The predicted octanol–water partition coefficient (Wildman–Crippen LogP) is 1.84. The lowest BCUT2D eigenvalue weighted by molar-refractivity contribution is -0.119. The summed E-state index contributed by atoms with van der Waals surface area (Å²) in [6.45, 7) is 0.368. The minimum absolute atomic E-state index is 0.216. The molecule has 0 aliphatic carbocycles. The number of hydrogen-bond donors (Lipinski definition) is 1. The third kappa shape index (κ3) is 5.80. The first-order valence-corrected chi connectivity index (χ1v) is 7.60. The maximum atomic E-state index is 12.8. The van der Waals surface area contributed by atoms with Gasteiger partial charge in [-0.25, -0.2) is 4.39 Å². The fraction of sp³-hybridized carbons (Fsp3) is 0.222. The molecule has 0 saturated heterocycles. The number of ether oxygens (including phenoxy) is 2. The molecule has 0 bridgehead atoms. The molecule has 132 valence electrons. The Labute approximate surface area is 144 Å². The van der Waals surface area contributed by atoms with Crippen LogP contribution in [-0.4, -0.2) is 43.5 Å². The Kier molecular flexibility index (Phi) is 6.33. The Bertz CT molecular complexity index is 734. The van der Waals surface area contributed by atoms with Crippen LogP contribution in [0.1, 0.15) is 10.4 Å². The molecule has 2 aromatic rings. The molecule has 2 N–H and O–H groups in total. The van der Waals surface area contributed by atoms with Gasteiger partial charge in [-0.05, 0) is 42.5 Å². The second-order valence-electron chi connectivity index (χ2n) is 5.31. The molecule has 0 atom stereocenters. The molecule has 0 aromatic heterocycles. The van der Waals surface area contributed by atoms with Crippen molar-refractivity contribution in [2.24, 2.45) is 5.73 Å². The molecule has 0 radical (unpaired) electrons. The van der Waals surface area contributed by atoms with Gasteiger partial charge < -0.3 is 20.1 Å². The Morgan fingerprint density at radius 3 is 2.48 bits per heavy atom. The molecule has 0 spiro atoms. The summed E-state index contributed by atoms with van der Waals surface area (Å²) < 4.78 is 23.5. The van der Waals surface area contributed by atoms with E-state index in [0.29, 0.717) is 23.6 Å². The number of halogens is 1. The average Bonchev–Trinajstić information content (AvgIpc) is 2.61. The van der Waals surface area contributed by atoms with Crippen molar-refractivity contribution < 1.29 is 23.5 Å². The number of amides is 2. The van der Waals surface area contributed by atoms with Crippen LogP contribution in [0, 0.1) is 5.82 Å². The van der Waals surface area contributed by atoms with Crippen LogP contribution in [0.15, 0.2) is 48.5 Å². The zero-order valence-corrected chi connectivity index (χ0v) is 13.8. The number of benzene rings is 2. The number of rotatable bonds is 8. The van der Waals surface area contributed by atoms with Gasteiger partial charge in [-0.2, -0.15) is 0 Å². The van der Waals surface area contributed by atoms with E-state index in [1.54, 1.807) is 31.3 Å². The molecule has 7 heteroatoms. The van der Waals surface area contributed by atoms with Crippen molar-refractivity contribution in [3.05, 3.63) is 59.9 Å². The molecule has 25 heavy (non-hydrogen) atoms.